The lowest BCUT2D eigenvalue weighted by molar-refractivity contribution is -0.140. The fraction of sp³-hybridized carbons (Fsp3) is 0.800. The molecule has 0 rings (SSSR count). The van der Waals surface area contributed by atoms with Crippen LogP contribution >= 0.6 is 0 Å². The Morgan fingerprint density at radius 3 is 2.27 bits per heavy atom. The first-order valence-electron chi connectivity index (χ1n) is 7.49. The fourth-order valence-electron chi connectivity index (χ4n) is 1.59. The van der Waals surface area contributed by atoms with Crippen molar-refractivity contribution in [3.05, 3.63) is 0 Å². The number of hydrogen-bond donors (Lipinski definition) is 2. The van der Waals surface area contributed by atoms with Crippen molar-refractivity contribution >= 4 is 18.0 Å². The Morgan fingerprint density at radius 1 is 1.09 bits per heavy atom. The van der Waals surface area contributed by atoms with E-state index in [-0.39, 0.29) is 11.9 Å². The van der Waals surface area contributed by atoms with Crippen LogP contribution in [0.5, 0.6) is 0 Å². The number of rotatable bonds is 8. The van der Waals surface area contributed by atoms with Gasteiger partial charge in [0, 0.05) is 13.0 Å². The van der Waals surface area contributed by atoms with Gasteiger partial charge >= 0.3 is 12.1 Å². The van der Waals surface area contributed by atoms with Gasteiger partial charge in [0.1, 0.15) is 11.6 Å². The molecule has 2 amide bonds. The summed E-state index contributed by atoms with van der Waals surface area (Å²) in [7, 11) is 1.36. The summed E-state index contributed by atoms with van der Waals surface area (Å²) in [6, 6.07) is -0.662. The van der Waals surface area contributed by atoms with E-state index in [0.717, 1.165) is 19.3 Å². The molecule has 7 heteroatoms. The Hall–Kier alpha value is -1.79. The number of amides is 2. The van der Waals surface area contributed by atoms with Crippen molar-refractivity contribution in [3.8, 4) is 0 Å². The molecule has 7 nitrogen and oxygen atoms in total. The SMILES string of the molecule is COC(=O)CCCCCNC(=O)[C@@H](C)NC(=O)OC(C)(C)C. The maximum Gasteiger partial charge on any atom is 0.408 e. The van der Waals surface area contributed by atoms with Gasteiger partial charge in [0.2, 0.25) is 5.91 Å². The molecule has 0 aromatic carbocycles. The lowest BCUT2D eigenvalue weighted by atomic mass is 10.2. The minimum Gasteiger partial charge on any atom is -0.469 e. The number of ether oxygens (including phenoxy) is 2. The Bertz CT molecular complexity index is 377. The highest BCUT2D eigenvalue weighted by Gasteiger charge is 2.20. The molecule has 0 unspecified atom stereocenters. The maximum atomic E-state index is 11.8. The Labute approximate surface area is 132 Å². The summed E-state index contributed by atoms with van der Waals surface area (Å²) in [4.78, 5) is 34.2. The molecule has 0 bridgehead atoms. The molecule has 0 saturated carbocycles. The van der Waals surface area contributed by atoms with Gasteiger partial charge in [-0.05, 0) is 40.5 Å². The van der Waals surface area contributed by atoms with Gasteiger partial charge in [0.15, 0.2) is 0 Å². The number of nitrogens with one attached hydrogen (secondary N) is 2. The molecule has 0 saturated heterocycles. The van der Waals surface area contributed by atoms with E-state index in [0.29, 0.717) is 13.0 Å². The molecule has 0 aromatic heterocycles. The van der Waals surface area contributed by atoms with Crippen molar-refractivity contribution in [2.24, 2.45) is 0 Å². The zero-order valence-corrected chi connectivity index (χ0v) is 14.2. The first-order chi connectivity index (χ1) is 10.2. The highest BCUT2D eigenvalue weighted by Crippen LogP contribution is 2.06. The average Bonchev–Trinajstić information content (AvgIpc) is 2.39. The monoisotopic (exact) mass is 316 g/mol. The zero-order chi connectivity index (χ0) is 17.2. The van der Waals surface area contributed by atoms with Crippen LogP contribution in [0.3, 0.4) is 0 Å². The van der Waals surface area contributed by atoms with E-state index in [9.17, 15) is 14.4 Å². The van der Waals surface area contributed by atoms with E-state index in [2.05, 4.69) is 15.4 Å². The van der Waals surface area contributed by atoms with E-state index < -0.39 is 17.7 Å². The van der Waals surface area contributed by atoms with Gasteiger partial charge in [0.25, 0.3) is 0 Å². The Morgan fingerprint density at radius 2 is 1.73 bits per heavy atom. The van der Waals surface area contributed by atoms with E-state index in [1.54, 1.807) is 27.7 Å². The van der Waals surface area contributed by atoms with Gasteiger partial charge in [-0.25, -0.2) is 4.79 Å². The lowest BCUT2D eigenvalue weighted by Gasteiger charge is -2.21. The van der Waals surface area contributed by atoms with Gasteiger partial charge in [-0.15, -0.1) is 0 Å². The zero-order valence-electron chi connectivity index (χ0n) is 14.2. The number of esters is 1. The van der Waals surface area contributed by atoms with Crippen LogP contribution in [0.4, 0.5) is 4.79 Å². The summed E-state index contributed by atoms with van der Waals surface area (Å²) in [5.74, 6) is -0.488. The van der Waals surface area contributed by atoms with E-state index >= 15 is 0 Å². The first kappa shape index (κ1) is 20.2. The number of unbranched alkanes of at least 4 members (excludes halogenated alkanes) is 2. The number of alkyl carbamates (subject to hydrolysis) is 1. The molecular formula is C15H28N2O5. The molecule has 0 heterocycles. The number of carbonyl (C=O) groups excluding carboxylic acids is 3. The van der Waals surface area contributed by atoms with Crippen molar-refractivity contribution in [3.63, 3.8) is 0 Å². The number of hydrogen-bond acceptors (Lipinski definition) is 5. The van der Waals surface area contributed by atoms with Crippen molar-refractivity contribution in [2.75, 3.05) is 13.7 Å². The molecule has 2 N–H and O–H groups in total. The molecule has 0 aromatic rings. The van der Waals surface area contributed by atoms with Gasteiger partial charge < -0.3 is 20.1 Å². The highest BCUT2D eigenvalue weighted by atomic mass is 16.6. The summed E-state index contributed by atoms with van der Waals surface area (Å²) in [6.45, 7) is 7.36. The second-order valence-electron chi connectivity index (χ2n) is 6.05. The average molecular weight is 316 g/mol. The van der Waals surface area contributed by atoms with Crippen LogP contribution in [0.25, 0.3) is 0 Å². The second kappa shape index (κ2) is 10.0. The molecule has 1 atom stereocenters. The lowest BCUT2D eigenvalue weighted by Crippen LogP contribution is -2.46. The minimum absolute atomic E-state index is 0.223. The number of carbonyl (C=O) groups is 3. The van der Waals surface area contributed by atoms with Crippen molar-refractivity contribution in [1.29, 1.82) is 0 Å². The van der Waals surface area contributed by atoms with Crippen LogP contribution < -0.4 is 10.6 Å². The molecule has 0 fully saturated rings. The van der Waals surface area contributed by atoms with Crippen LogP contribution in [0.15, 0.2) is 0 Å². The fourth-order valence-corrected chi connectivity index (χ4v) is 1.59. The number of methoxy groups -OCH3 is 1. The largest absolute Gasteiger partial charge is 0.469 e. The molecule has 22 heavy (non-hydrogen) atoms. The molecule has 0 aliphatic carbocycles. The van der Waals surface area contributed by atoms with Gasteiger partial charge in [0.05, 0.1) is 7.11 Å². The Kier molecular flexibility index (Phi) is 9.21. The third-order valence-corrected chi connectivity index (χ3v) is 2.71. The van der Waals surface area contributed by atoms with Crippen molar-refractivity contribution < 1.29 is 23.9 Å². The van der Waals surface area contributed by atoms with E-state index in [1.807, 2.05) is 0 Å². The maximum absolute atomic E-state index is 11.8. The summed E-state index contributed by atoms with van der Waals surface area (Å²) < 4.78 is 9.61. The standard InChI is InChI=1S/C15H28N2O5/c1-11(17-14(20)22-15(2,3)4)13(19)16-10-8-6-7-9-12(18)21-5/h11H,6-10H2,1-5H3,(H,16,19)(H,17,20)/t11-/m1/s1. The molecule has 128 valence electrons. The quantitative estimate of drug-likeness (QED) is 0.525. The summed E-state index contributed by atoms with van der Waals surface area (Å²) >= 11 is 0. The Balaban J connectivity index is 3.79. The topological polar surface area (TPSA) is 93.7 Å². The van der Waals surface area contributed by atoms with Crippen LogP contribution in [0.1, 0.15) is 53.4 Å². The minimum atomic E-state index is -0.662. The molecule has 0 radical (unpaired) electrons. The van der Waals surface area contributed by atoms with Crippen molar-refractivity contribution in [2.45, 2.75) is 65.0 Å². The molecule has 0 aliphatic heterocycles. The van der Waals surface area contributed by atoms with Crippen LogP contribution in [0.2, 0.25) is 0 Å². The summed E-state index contributed by atoms with van der Waals surface area (Å²) in [5.41, 5.74) is -0.597. The van der Waals surface area contributed by atoms with Gasteiger partial charge in [-0.1, -0.05) is 6.42 Å². The normalized spacial score (nSPS) is 12.2. The summed E-state index contributed by atoms with van der Waals surface area (Å²) in [5, 5.41) is 5.20. The molecular weight excluding hydrogens is 288 g/mol. The predicted octanol–water partition coefficient (Wildman–Crippen LogP) is 1.75. The predicted molar refractivity (Wildman–Crippen MR) is 82.3 cm³/mol. The van der Waals surface area contributed by atoms with Crippen molar-refractivity contribution in [1.82, 2.24) is 10.6 Å². The second-order valence-corrected chi connectivity index (χ2v) is 6.05. The highest BCUT2D eigenvalue weighted by molar-refractivity contribution is 5.85. The first-order valence-corrected chi connectivity index (χ1v) is 7.49. The third-order valence-electron chi connectivity index (χ3n) is 2.71. The van der Waals surface area contributed by atoms with E-state index in [4.69, 9.17) is 4.74 Å². The van der Waals surface area contributed by atoms with Crippen LogP contribution in [0, 0.1) is 0 Å². The van der Waals surface area contributed by atoms with E-state index in [1.165, 1.54) is 7.11 Å². The molecule has 0 aliphatic rings. The smallest absolute Gasteiger partial charge is 0.408 e. The third kappa shape index (κ3) is 10.9. The molecule has 0 spiro atoms. The van der Waals surface area contributed by atoms with Crippen LogP contribution in [-0.4, -0.2) is 43.3 Å². The summed E-state index contributed by atoms with van der Waals surface area (Å²) in [6.07, 6.45) is 2.09. The van der Waals surface area contributed by atoms with Gasteiger partial charge in [-0.2, -0.15) is 0 Å². The van der Waals surface area contributed by atoms with Gasteiger partial charge in [-0.3, -0.25) is 9.59 Å². The van der Waals surface area contributed by atoms with Crippen LogP contribution in [-0.2, 0) is 19.1 Å².